The molecule has 1 aliphatic heterocycles. The summed E-state index contributed by atoms with van der Waals surface area (Å²) in [4.78, 5) is 2.86. The average molecular weight is 510 g/mol. The van der Waals surface area contributed by atoms with Gasteiger partial charge < -0.3 is 14.9 Å². The van der Waals surface area contributed by atoms with Crippen LogP contribution in [0.3, 0.4) is 0 Å². The number of fused-ring (bicyclic) bond motifs is 5. The Morgan fingerprint density at radius 2 is 1.29 bits per heavy atom. The van der Waals surface area contributed by atoms with Crippen molar-refractivity contribution in [2.75, 3.05) is 7.05 Å². The van der Waals surface area contributed by atoms with Gasteiger partial charge in [0, 0.05) is 12.1 Å². The fourth-order valence-corrected chi connectivity index (χ4v) is 7.30. The molecule has 0 amide bonds. The summed E-state index contributed by atoms with van der Waals surface area (Å²) in [6.07, 6.45) is 19.7. The zero-order valence-electron chi connectivity index (χ0n) is 18.9. The Morgan fingerprint density at radius 3 is 1.89 bits per heavy atom. The van der Waals surface area contributed by atoms with Crippen molar-refractivity contribution in [3.8, 4) is 0 Å². The van der Waals surface area contributed by atoms with Gasteiger partial charge in [-0.2, -0.15) is 0 Å². The molecular formula is C24H45Cl2NZr. The molecule has 5 rings (SSSR count). The van der Waals surface area contributed by atoms with E-state index in [1.807, 2.05) is 0 Å². The second kappa shape index (κ2) is 13.8. The molecule has 7 unspecified atom stereocenters. The van der Waals surface area contributed by atoms with E-state index in [4.69, 9.17) is 17.0 Å². The molecule has 0 radical (unpaired) electrons. The first-order valence-electron chi connectivity index (χ1n) is 11.4. The van der Waals surface area contributed by atoms with Crippen LogP contribution in [0.4, 0.5) is 0 Å². The van der Waals surface area contributed by atoms with Crippen LogP contribution in [0.1, 0.15) is 90.4 Å². The van der Waals surface area contributed by atoms with Gasteiger partial charge in [0.1, 0.15) is 0 Å². The van der Waals surface area contributed by atoms with Gasteiger partial charge in [-0.3, -0.25) is 4.90 Å². The third-order valence-electron chi connectivity index (χ3n) is 8.34. The SMILES string of the molecule is C1CCCC1.CC1CCC2C(C1)C1CC3CCCCC3C1N2C.[CH3-].[CH3-].[Cl][Zr+2][Cl]. The molecule has 7 atom stereocenters. The Labute approximate surface area is 195 Å². The maximum atomic E-state index is 4.93. The molecule has 5 aliphatic rings. The van der Waals surface area contributed by atoms with Crippen molar-refractivity contribution >= 4 is 17.0 Å². The summed E-state index contributed by atoms with van der Waals surface area (Å²) in [6, 6.07) is 1.94. The standard InChI is InChI=1S/C17H29N.C5H10.2CH3.2ClH.Zr/c1-11-7-8-16-14(9-11)15-10-12-5-3-4-6-13(12)17(15)18(16)2;1-2-4-5-3-1;;;;;/h11-17H,3-10H2,1-2H3;1-5H2;2*1H3;2*1H;/q;;2*-1;;;+4/p-2. The van der Waals surface area contributed by atoms with Crippen LogP contribution < -0.4 is 0 Å². The molecule has 1 nitrogen and oxygen atoms in total. The van der Waals surface area contributed by atoms with Gasteiger partial charge >= 0.3 is 37.9 Å². The molecule has 4 saturated carbocycles. The van der Waals surface area contributed by atoms with Crippen molar-refractivity contribution in [3.05, 3.63) is 14.9 Å². The molecule has 0 spiro atoms. The number of rotatable bonds is 0. The third kappa shape index (κ3) is 6.46. The maximum absolute atomic E-state index is 4.93. The van der Waals surface area contributed by atoms with Crippen LogP contribution in [0.5, 0.6) is 0 Å². The minimum atomic E-state index is -0.826. The fourth-order valence-electron chi connectivity index (χ4n) is 7.30. The summed E-state index contributed by atoms with van der Waals surface area (Å²) in [5, 5.41) is 0. The molecule has 1 heterocycles. The van der Waals surface area contributed by atoms with Crippen LogP contribution in [0, 0.1) is 44.4 Å². The molecular weight excluding hydrogens is 464 g/mol. The van der Waals surface area contributed by atoms with Crippen molar-refractivity contribution in [1.29, 1.82) is 0 Å². The minimum absolute atomic E-state index is 0. The Kier molecular flexibility index (Phi) is 13.5. The van der Waals surface area contributed by atoms with Gasteiger partial charge in [0.25, 0.3) is 0 Å². The molecule has 4 aliphatic carbocycles. The summed E-state index contributed by atoms with van der Waals surface area (Å²) in [5.74, 6) is 5.33. The van der Waals surface area contributed by atoms with Crippen molar-refractivity contribution in [2.24, 2.45) is 29.6 Å². The van der Waals surface area contributed by atoms with E-state index in [-0.39, 0.29) is 14.9 Å². The summed E-state index contributed by atoms with van der Waals surface area (Å²) in [7, 11) is 12.3. The molecule has 0 aromatic rings. The Hall–Kier alpha value is 1.42. The molecule has 1 saturated heterocycles. The van der Waals surface area contributed by atoms with E-state index in [1.54, 1.807) is 19.3 Å². The van der Waals surface area contributed by atoms with E-state index < -0.39 is 20.8 Å². The van der Waals surface area contributed by atoms with Gasteiger partial charge in [-0.25, -0.2) is 0 Å². The number of halogens is 2. The van der Waals surface area contributed by atoms with Crippen LogP contribution in [-0.2, 0) is 20.8 Å². The number of hydrogen-bond donors (Lipinski definition) is 0. The van der Waals surface area contributed by atoms with Crippen LogP contribution in [-0.4, -0.2) is 24.0 Å². The van der Waals surface area contributed by atoms with Gasteiger partial charge in [0.2, 0.25) is 0 Å². The zero-order chi connectivity index (χ0) is 18.5. The van der Waals surface area contributed by atoms with E-state index in [2.05, 4.69) is 18.9 Å². The summed E-state index contributed by atoms with van der Waals surface area (Å²) < 4.78 is 0. The van der Waals surface area contributed by atoms with Crippen LogP contribution in [0.15, 0.2) is 0 Å². The predicted molar refractivity (Wildman–Crippen MR) is 123 cm³/mol. The molecule has 5 fully saturated rings. The van der Waals surface area contributed by atoms with E-state index in [0.29, 0.717) is 0 Å². The van der Waals surface area contributed by atoms with Crippen LogP contribution in [0.2, 0.25) is 0 Å². The molecule has 0 N–H and O–H groups in total. The molecule has 28 heavy (non-hydrogen) atoms. The quantitative estimate of drug-likeness (QED) is 0.298. The van der Waals surface area contributed by atoms with Crippen LogP contribution >= 0.6 is 17.0 Å². The van der Waals surface area contributed by atoms with Crippen molar-refractivity contribution in [2.45, 2.75) is 102 Å². The monoisotopic (exact) mass is 507 g/mol. The Morgan fingerprint density at radius 1 is 0.714 bits per heavy atom. The molecule has 164 valence electrons. The van der Waals surface area contributed by atoms with E-state index in [9.17, 15) is 0 Å². The fraction of sp³-hybridized carbons (Fsp3) is 0.917. The molecule has 4 heteroatoms. The Balaban J connectivity index is 0.000000336. The second-order valence-electron chi connectivity index (χ2n) is 9.75. The summed E-state index contributed by atoms with van der Waals surface area (Å²) in [6.45, 7) is 2.49. The first kappa shape index (κ1) is 27.5. The average Bonchev–Trinajstić information content (AvgIpc) is 3.36. The number of nitrogens with zero attached hydrogens (tertiary/aromatic N) is 1. The second-order valence-corrected chi connectivity index (χ2v) is 13.5. The van der Waals surface area contributed by atoms with Crippen molar-refractivity contribution in [3.63, 3.8) is 0 Å². The molecule has 0 aromatic heterocycles. The molecule has 0 aromatic carbocycles. The predicted octanol–water partition coefficient (Wildman–Crippen LogP) is 8.16. The van der Waals surface area contributed by atoms with Gasteiger partial charge in [-0.05, 0) is 68.7 Å². The summed E-state index contributed by atoms with van der Waals surface area (Å²) in [5.41, 5.74) is 0. The van der Waals surface area contributed by atoms with Gasteiger partial charge in [0.05, 0.1) is 0 Å². The van der Waals surface area contributed by atoms with Crippen molar-refractivity contribution in [1.82, 2.24) is 4.90 Å². The summed E-state index contributed by atoms with van der Waals surface area (Å²) >= 11 is -0.826. The van der Waals surface area contributed by atoms with Crippen molar-refractivity contribution < 1.29 is 20.8 Å². The number of likely N-dealkylation sites (tertiary alicyclic amines) is 1. The van der Waals surface area contributed by atoms with Crippen LogP contribution in [0.25, 0.3) is 0 Å². The molecule has 0 bridgehead atoms. The first-order chi connectivity index (χ1) is 12.7. The third-order valence-corrected chi connectivity index (χ3v) is 8.34. The van der Waals surface area contributed by atoms with Gasteiger partial charge in [0.15, 0.2) is 0 Å². The number of hydrogen-bond acceptors (Lipinski definition) is 1. The normalized spacial score (nSPS) is 40.6. The van der Waals surface area contributed by atoms with E-state index in [1.165, 1.54) is 64.2 Å². The Bertz CT molecular complexity index is 410. The van der Waals surface area contributed by atoms with E-state index >= 15 is 0 Å². The first-order valence-corrected chi connectivity index (χ1v) is 17.7. The van der Waals surface area contributed by atoms with Gasteiger partial charge in [-0.1, -0.05) is 58.3 Å². The van der Waals surface area contributed by atoms with Gasteiger partial charge in [-0.15, -0.1) is 0 Å². The zero-order valence-corrected chi connectivity index (χ0v) is 22.9. The van der Waals surface area contributed by atoms with E-state index in [0.717, 1.165) is 41.7 Å². The topological polar surface area (TPSA) is 3.24 Å².